The number of carbonyl (C=O) groups excluding carboxylic acids is 1. The molecule has 5 nitrogen and oxygen atoms in total. The van der Waals surface area contributed by atoms with E-state index in [9.17, 15) is 13.2 Å². The Hall–Kier alpha value is -1.40. The molecule has 0 aliphatic rings. The van der Waals surface area contributed by atoms with Crippen LogP contribution in [0, 0.1) is 13.8 Å². The maximum absolute atomic E-state index is 12.0. The predicted molar refractivity (Wildman–Crippen MR) is 90.5 cm³/mol. The van der Waals surface area contributed by atoms with E-state index in [1.165, 1.54) is 10.6 Å². The molecule has 1 amide bonds. The third-order valence-electron chi connectivity index (χ3n) is 3.86. The van der Waals surface area contributed by atoms with Crippen molar-refractivity contribution in [3.05, 3.63) is 29.3 Å². The molecule has 1 N–H and O–H groups in total. The molecule has 1 atom stereocenters. The summed E-state index contributed by atoms with van der Waals surface area (Å²) < 4.78 is 24.9. The molecule has 0 aromatic heterocycles. The molecular formula is C16H26N2O3S. The highest BCUT2D eigenvalue weighted by Gasteiger charge is 2.22. The van der Waals surface area contributed by atoms with E-state index >= 15 is 0 Å². The Balaban J connectivity index is 2.66. The van der Waals surface area contributed by atoms with E-state index in [4.69, 9.17) is 0 Å². The monoisotopic (exact) mass is 326 g/mol. The van der Waals surface area contributed by atoms with Crippen LogP contribution in [-0.2, 0) is 14.8 Å². The fraction of sp³-hybridized carbons (Fsp3) is 0.562. The van der Waals surface area contributed by atoms with E-state index < -0.39 is 10.0 Å². The van der Waals surface area contributed by atoms with Crippen molar-refractivity contribution in [3.63, 3.8) is 0 Å². The maximum atomic E-state index is 12.0. The van der Waals surface area contributed by atoms with Crippen molar-refractivity contribution in [3.8, 4) is 0 Å². The first-order valence-electron chi connectivity index (χ1n) is 7.49. The number of amides is 1. The lowest BCUT2D eigenvalue weighted by molar-refractivity contribution is -0.116. The van der Waals surface area contributed by atoms with E-state index in [0.717, 1.165) is 16.8 Å². The largest absolute Gasteiger partial charge is 0.326 e. The van der Waals surface area contributed by atoms with Crippen LogP contribution in [0.25, 0.3) is 0 Å². The number of carbonyl (C=O) groups is 1. The van der Waals surface area contributed by atoms with Gasteiger partial charge >= 0.3 is 0 Å². The molecule has 1 aromatic rings. The molecule has 0 fully saturated rings. The number of nitrogens with zero attached hydrogens (tertiary/aromatic N) is 1. The van der Waals surface area contributed by atoms with Gasteiger partial charge in [-0.2, -0.15) is 4.31 Å². The summed E-state index contributed by atoms with van der Waals surface area (Å²) in [6.07, 6.45) is 2.04. The van der Waals surface area contributed by atoms with Gasteiger partial charge in [0.1, 0.15) is 0 Å². The Bertz CT molecular complexity index is 626. The summed E-state index contributed by atoms with van der Waals surface area (Å²) in [5, 5.41) is 2.81. The molecule has 1 aromatic carbocycles. The van der Waals surface area contributed by atoms with Crippen molar-refractivity contribution in [2.45, 2.75) is 46.6 Å². The van der Waals surface area contributed by atoms with Crippen LogP contribution in [0.2, 0.25) is 0 Å². The van der Waals surface area contributed by atoms with Gasteiger partial charge < -0.3 is 5.32 Å². The summed E-state index contributed by atoms with van der Waals surface area (Å²) in [7, 11) is -3.30. The Morgan fingerprint density at radius 3 is 2.41 bits per heavy atom. The second kappa shape index (κ2) is 7.74. The Morgan fingerprint density at radius 1 is 1.27 bits per heavy atom. The molecule has 0 aliphatic carbocycles. The van der Waals surface area contributed by atoms with E-state index in [1.54, 1.807) is 0 Å². The van der Waals surface area contributed by atoms with Crippen LogP contribution in [0.3, 0.4) is 0 Å². The van der Waals surface area contributed by atoms with Gasteiger partial charge in [0.2, 0.25) is 15.9 Å². The summed E-state index contributed by atoms with van der Waals surface area (Å²) in [6, 6.07) is 5.61. The molecule has 124 valence electrons. The van der Waals surface area contributed by atoms with Gasteiger partial charge in [0.25, 0.3) is 0 Å². The highest BCUT2D eigenvalue weighted by Crippen LogP contribution is 2.15. The van der Waals surface area contributed by atoms with Crippen LogP contribution in [0.15, 0.2) is 18.2 Å². The molecule has 0 saturated heterocycles. The minimum atomic E-state index is -3.30. The minimum absolute atomic E-state index is 0.107. The second-order valence-corrected chi connectivity index (χ2v) is 7.66. The summed E-state index contributed by atoms with van der Waals surface area (Å²) in [5.41, 5.74) is 3.01. The third-order valence-corrected chi connectivity index (χ3v) is 5.25. The van der Waals surface area contributed by atoms with Crippen LogP contribution in [0.1, 0.15) is 37.8 Å². The van der Waals surface area contributed by atoms with Gasteiger partial charge in [-0.1, -0.05) is 13.0 Å². The number of sulfonamides is 1. The van der Waals surface area contributed by atoms with E-state index in [-0.39, 0.29) is 24.9 Å². The Kier molecular flexibility index (Phi) is 6.56. The fourth-order valence-electron chi connectivity index (χ4n) is 2.17. The number of nitrogens with one attached hydrogen (secondary N) is 1. The van der Waals surface area contributed by atoms with Crippen LogP contribution in [0.4, 0.5) is 5.69 Å². The van der Waals surface area contributed by atoms with Gasteiger partial charge in [-0.05, 0) is 50.5 Å². The summed E-state index contributed by atoms with van der Waals surface area (Å²) >= 11 is 0. The standard InChI is InChI=1S/C16H26N2O3S/c1-6-14(4)18(22(5,20)21)10-9-16(19)17-15-8-7-12(2)13(3)11-15/h7-8,11,14H,6,9-10H2,1-5H3,(H,17,19). The topological polar surface area (TPSA) is 66.5 Å². The van der Waals surface area contributed by atoms with Crippen molar-refractivity contribution in [1.29, 1.82) is 0 Å². The molecule has 1 unspecified atom stereocenters. The lowest BCUT2D eigenvalue weighted by atomic mass is 10.1. The summed E-state index contributed by atoms with van der Waals surface area (Å²) in [6.45, 7) is 7.97. The minimum Gasteiger partial charge on any atom is -0.326 e. The summed E-state index contributed by atoms with van der Waals surface area (Å²) in [5.74, 6) is -0.180. The van der Waals surface area contributed by atoms with Gasteiger partial charge in [-0.15, -0.1) is 0 Å². The van der Waals surface area contributed by atoms with E-state index in [1.807, 2.05) is 45.9 Å². The number of benzene rings is 1. The first-order chi connectivity index (χ1) is 10.1. The third kappa shape index (κ3) is 5.42. The van der Waals surface area contributed by atoms with Gasteiger partial charge in [-0.25, -0.2) is 8.42 Å². The fourth-order valence-corrected chi connectivity index (χ4v) is 3.40. The van der Waals surface area contributed by atoms with Gasteiger partial charge in [-0.3, -0.25) is 4.79 Å². The molecule has 0 aliphatic heterocycles. The number of hydrogen-bond acceptors (Lipinski definition) is 3. The van der Waals surface area contributed by atoms with Gasteiger partial charge in [0, 0.05) is 24.7 Å². The zero-order valence-corrected chi connectivity index (χ0v) is 14.8. The van der Waals surface area contributed by atoms with E-state index in [0.29, 0.717) is 6.42 Å². The molecular weight excluding hydrogens is 300 g/mol. The normalized spacial score (nSPS) is 13.2. The van der Waals surface area contributed by atoms with Crippen LogP contribution < -0.4 is 5.32 Å². The Morgan fingerprint density at radius 2 is 1.91 bits per heavy atom. The highest BCUT2D eigenvalue weighted by atomic mass is 32.2. The number of rotatable bonds is 7. The maximum Gasteiger partial charge on any atom is 0.225 e. The van der Waals surface area contributed by atoms with Crippen LogP contribution in [0.5, 0.6) is 0 Å². The summed E-state index contributed by atoms with van der Waals surface area (Å²) in [4.78, 5) is 12.0. The van der Waals surface area contributed by atoms with Crippen molar-refractivity contribution in [2.75, 3.05) is 18.1 Å². The molecule has 0 bridgehead atoms. The van der Waals surface area contributed by atoms with Crippen molar-refractivity contribution >= 4 is 21.6 Å². The lowest BCUT2D eigenvalue weighted by Gasteiger charge is -2.25. The van der Waals surface area contributed by atoms with Crippen LogP contribution in [-0.4, -0.2) is 37.5 Å². The zero-order valence-electron chi connectivity index (χ0n) is 14.0. The molecule has 0 heterocycles. The van der Waals surface area contributed by atoms with Gasteiger partial charge in [0.15, 0.2) is 0 Å². The smallest absolute Gasteiger partial charge is 0.225 e. The number of anilines is 1. The van der Waals surface area contributed by atoms with Crippen LogP contribution >= 0.6 is 0 Å². The highest BCUT2D eigenvalue weighted by molar-refractivity contribution is 7.88. The second-order valence-electron chi connectivity index (χ2n) is 5.73. The average molecular weight is 326 g/mol. The molecule has 0 radical (unpaired) electrons. The quantitative estimate of drug-likeness (QED) is 0.838. The van der Waals surface area contributed by atoms with Gasteiger partial charge in [0.05, 0.1) is 6.26 Å². The Labute approximate surface area is 133 Å². The SMILES string of the molecule is CCC(C)N(CCC(=O)Nc1ccc(C)c(C)c1)S(C)(=O)=O. The predicted octanol–water partition coefficient (Wildman–Crippen LogP) is 2.69. The molecule has 0 saturated carbocycles. The number of aryl methyl sites for hydroxylation is 2. The lowest BCUT2D eigenvalue weighted by Crippen LogP contribution is -2.39. The number of hydrogen-bond donors (Lipinski definition) is 1. The van der Waals surface area contributed by atoms with E-state index in [2.05, 4.69) is 5.32 Å². The van der Waals surface area contributed by atoms with Crippen molar-refractivity contribution in [2.24, 2.45) is 0 Å². The molecule has 1 rings (SSSR count). The average Bonchev–Trinajstić information content (AvgIpc) is 2.41. The zero-order chi connectivity index (χ0) is 16.9. The van der Waals surface area contributed by atoms with Crippen molar-refractivity contribution in [1.82, 2.24) is 4.31 Å². The molecule has 22 heavy (non-hydrogen) atoms. The van der Waals surface area contributed by atoms with Crippen molar-refractivity contribution < 1.29 is 13.2 Å². The molecule has 0 spiro atoms. The first kappa shape index (κ1) is 18.6. The molecule has 6 heteroatoms. The first-order valence-corrected chi connectivity index (χ1v) is 9.34.